The highest BCUT2D eigenvalue weighted by Crippen LogP contribution is 2.21. The molecule has 0 amide bonds. The molecule has 0 fully saturated rings. The van der Waals surface area contributed by atoms with E-state index in [1.54, 1.807) is 0 Å². The molecule has 0 heterocycles. The van der Waals surface area contributed by atoms with Gasteiger partial charge in [0.05, 0.1) is 6.61 Å². The van der Waals surface area contributed by atoms with Crippen LogP contribution in [0.2, 0.25) is 0 Å². The van der Waals surface area contributed by atoms with Crippen molar-refractivity contribution < 1.29 is 9.53 Å². The summed E-state index contributed by atoms with van der Waals surface area (Å²) in [5, 5.41) is 0. The van der Waals surface area contributed by atoms with Crippen molar-refractivity contribution >= 4 is 5.97 Å². The van der Waals surface area contributed by atoms with Crippen LogP contribution in [0.3, 0.4) is 0 Å². The highest BCUT2D eigenvalue weighted by atomic mass is 16.5. The second-order valence-electron chi connectivity index (χ2n) is 14.1. The second kappa shape index (κ2) is 37.7. The van der Waals surface area contributed by atoms with Crippen molar-refractivity contribution in [3.05, 3.63) is 0 Å². The highest BCUT2D eigenvalue weighted by Gasteiger charge is 2.12. The molecule has 0 spiro atoms. The minimum atomic E-state index is 0.0585. The summed E-state index contributed by atoms with van der Waals surface area (Å²) in [6, 6.07) is 0. The Hall–Kier alpha value is -0.530. The molecule has 43 heavy (non-hydrogen) atoms. The second-order valence-corrected chi connectivity index (χ2v) is 14.1. The quantitative estimate of drug-likeness (QED) is 0.0519. The van der Waals surface area contributed by atoms with E-state index in [4.69, 9.17) is 4.74 Å². The monoisotopic (exact) mass is 607 g/mol. The smallest absolute Gasteiger partial charge is 0.305 e. The Balaban J connectivity index is 4.00. The molecule has 0 saturated heterocycles. The Morgan fingerprint density at radius 1 is 0.372 bits per heavy atom. The van der Waals surface area contributed by atoms with E-state index in [1.165, 1.54) is 212 Å². The average molecular weight is 607 g/mol. The summed E-state index contributed by atoms with van der Waals surface area (Å²) in [5.41, 5.74) is 0. The van der Waals surface area contributed by atoms with E-state index >= 15 is 0 Å². The molecule has 2 heteroatoms. The summed E-state index contributed by atoms with van der Waals surface area (Å²) in [4.78, 5) is 12.5. The highest BCUT2D eigenvalue weighted by molar-refractivity contribution is 5.69. The molecule has 0 aliphatic rings. The van der Waals surface area contributed by atoms with Gasteiger partial charge >= 0.3 is 5.97 Å². The third-order valence-corrected chi connectivity index (χ3v) is 9.65. The number of hydrogen-bond donors (Lipinski definition) is 0. The van der Waals surface area contributed by atoms with Crippen LogP contribution in [0.4, 0.5) is 0 Å². The molecule has 0 atom stereocenters. The van der Waals surface area contributed by atoms with E-state index in [1.807, 2.05) is 0 Å². The Bertz CT molecular complexity index is 492. The molecule has 0 aromatic carbocycles. The lowest BCUT2D eigenvalue weighted by atomic mass is 9.94. The summed E-state index contributed by atoms with van der Waals surface area (Å²) in [7, 11) is 0. The fourth-order valence-electron chi connectivity index (χ4n) is 6.55. The van der Waals surface area contributed by atoms with Crippen LogP contribution in [0.1, 0.15) is 245 Å². The average Bonchev–Trinajstić information content (AvgIpc) is 3.01. The fourth-order valence-corrected chi connectivity index (χ4v) is 6.55. The summed E-state index contributed by atoms with van der Waals surface area (Å²) < 4.78 is 5.85. The number of ether oxygens (including phenoxy) is 1. The summed E-state index contributed by atoms with van der Waals surface area (Å²) in [5.74, 6) is 0.636. The van der Waals surface area contributed by atoms with Gasteiger partial charge in [-0.15, -0.1) is 0 Å². The van der Waals surface area contributed by atoms with Gasteiger partial charge < -0.3 is 4.74 Å². The zero-order chi connectivity index (χ0) is 31.3. The molecule has 0 aliphatic heterocycles. The molecule has 0 saturated carbocycles. The van der Waals surface area contributed by atoms with Crippen LogP contribution in [0.5, 0.6) is 0 Å². The molecule has 0 radical (unpaired) electrons. The standard InChI is InChI=1S/C41H82O2/c1-4-7-10-13-16-19-22-23-26-29-32-35-38-41(42)43-39-40(36-33-30-27-24-20-17-14-11-8-5-2)37-34-31-28-25-21-18-15-12-9-6-3/h40H,4-39H2,1-3H3. The number of rotatable bonds is 37. The molecular weight excluding hydrogens is 524 g/mol. The van der Waals surface area contributed by atoms with Crippen molar-refractivity contribution in [2.75, 3.05) is 6.61 Å². The van der Waals surface area contributed by atoms with Crippen molar-refractivity contribution in [3.63, 3.8) is 0 Å². The van der Waals surface area contributed by atoms with E-state index in [-0.39, 0.29) is 5.97 Å². The van der Waals surface area contributed by atoms with E-state index in [2.05, 4.69) is 20.8 Å². The molecule has 258 valence electrons. The van der Waals surface area contributed by atoms with Gasteiger partial charge in [-0.3, -0.25) is 4.79 Å². The SMILES string of the molecule is CCCCCCCCCCCCCCC(=O)OCC(CCCCCCCCCCCC)CCCCCCCCCCCC. The molecule has 0 aromatic rings. The van der Waals surface area contributed by atoms with Crippen molar-refractivity contribution in [2.45, 2.75) is 245 Å². The number of carbonyl (C=O) groups excluding carboxylic acids is 1. The van der Waals surface area contributed by atoms with Crippen LogP contribution in [0.15, 0.2) is 0 Å². The summed E-state index contributed by atoms with van der Waals surface area (Å²) in [6.07, 6.45) is 47.0. The minimum absolute atomic E-state index is 0.0585. The third-order valence-electron chi connectivity index (χ3n) is 9.65. The normalized spacial score (nSPS) is 11.5. The van der Waals surface area contributed by atoms with Gasteiger partial charge in [0.15, 0.2) is 0 Å². The van der Waals surface area contributed by atoms with E-state index < -0.39 is 0 Å². The van der Waals surface area contributed by atoms with Crippen LogP contribution < -0.4 is 0 Å². The van der Waals surface area contributed by atoms with E-state index in [0.29, 0.717) is 18.9 Å². The van der Waals surface area contributed by atoms with Crippen LogP contribution in [0.25, 0.3) is 0 Å². The lowest BCUT2D eigenvalue weighted by Gasteiger charge is -2.17. The minimum Gasteiger partial charge on any atom is -0.465 e. The van der Waals surface area contributed by atoms with Gasteiger partial charge in [-0.05, 0) is 25.2 Å². The predicted octanol–water partition coefficient (Wildman–Crippen LogP) is 14.9. The molecule has 0 rings (SSSR count). The number of carbonyl (C=O) groups is 1. The Morgan fingerprint density at radius 3 is 0.930 bits per heavy atom. The predicted molar refractivity (Wildman–Crippen MR) is 193 cm³/mol. The Kier molecular flexibility index (Phi) is 37.2. The zero-order valence-corrected chi connectivity index (χ0v) is 30.3. The van der Waals surface area contributed by atoms with E-state index in [0.717, 1.165) is 6.42 Å². The van der Waals surface area contributed by atoms with Gasteiger partial charge in [0.2, 0.25) is 0 Å². The Morgan fingerprint density at radius 2 is 0.628 bits per heavy atom. The largest absolute Gasteiger partial charge is 0.465 e. The van der Waals surface area contributed by atoms with Crippen molar-refractivity contribution in [1.29, 1.82) is 0 Å². The van der Waals surface area contributed by atoms with Crippen LogP contribution in [-0.4, -0.2) is 12.6 Å². The first-order chi connectivity index (χ1) is 21.2. The molecule has 0 aliphatic carbocycles. The maximum Gasteiger partial charge on any atom is 0.305 e. The maximum absolute atomic E-state index is 12.5. The van der Waals surface area contributed by atoms with Crippen LogP contribution in [0, 0.1) is 5.92 Å². The van der Waals surface area contributed by atoms with Crippen LogP contribution >= 0.6 is 0 Å². The lowest BCUT2D eigenvalue weighted by Crippen LogP contribution is -2.14. The molecular formula is C41H82O2. The first kappa shape index (κ1) is 42.5. The molecule has 0 aromatic heterocycles. The van der Waals surface area contributed by atoms with Crippen LogP contribution in [-0.2, 0) is 9.53 Å². The van der Waals surface area contributed by atoms with Crippen molar-refractivity contribution in [3.8, 4) is 0 Å². The lowest BCUT2D eigenvalue weighted by molar-refractivity contribution is -0.145. The van der Waals surface area contributed by atoms with Crippen molar-refractivity contribution in [2.24, 2.45) is 5.92 Å². The van der Waals surface area contributed by atoms with Gasteiger partial charge in [0, 0.05) is 6.42 Å². The first-order valence-corrected chi connectivity index (χ1v) is 20.4. The summed E-state index contributed by atoms with van der Waals surface area (Å²) >= 11 is 0. The van der Waals surface area contributed by atoms with Gasteiger partial charge in [-0.25, -0.2) is 0 Å². The number of esters is 1. The van der Waals surface area contributed by atoms with E-state index in [9.17, 15) is 4.79 Å². The van der Waals surface area contributed by atoms with Crippen molar-refractivity contribution in [1.82, 2.24) is 0 Å². The summed E-state index contributed by atoms with van der Waals surface area (Å²) in [6.45, 7) is 7.55. The Labute approximate surface area is 273 Å². The van der Waals surface area contributed by atoms with Gasteiger partial charge in [-0.1, -0.05) is 220 Å². The molecule has 0 unspecified atom stereocenters. The fraction of sp³-hybridized carbons (Fsp3) is 0.976. The number of hydrogen-bond acceptors (Lipinski definition) is 2. The topological polar surface area (TPSA) is 26.3 Å². The molecule has 0 N–H and O–H groups in total. The molecule has 0 bridgehead atoms. The van der Waals surface area contributed by atoms with Gasteiger partial charge in [0.1, 0.15) is 0 Å². The molecule has 2 nitrogen and oxygen atoms in total. The third kappa shape index (κ3) is 35.8. The number of unbranched alkanes of at least 4 members (excludes halogenated alkanes) is 29. The first-order valence-electron chi connectivity index (χ1n) is 20.4. The van der Waals surface area contributed by atoms with Gasteiger partial charge in [-0.2, -0.15) is 0 Å². The maximum atomic E-state index is 12.5. The zero-order valence-electron chi connectivity index (χ0n) is 30.3. The van der Waals surface area contributed by atoms with Gasteiger partial charge in [0.25, 0.3) is 0 Å².